The summed E-state index contributed by atoms with van der Waals surface area (Å²) in [6.45, 7) is 1.03. The molecule has 21 heavy (non-hydrogen) atoms. The quantitative estimate of drug-likeness (QED) is 0.768. The summed E-state index contributed by atoms with van der Waals surface area (Å²) in [6, 6.07) is 13.5. The van der Waals surface area contributed by atoms with Gasteiger partial charge in [-0.15, -0.1) is 0 Å². The van der Waals surface area contributed by atoms with Crippen LogP contribution in [0.1, 0.15) is 24.4 Å². The summed E-state index contributed by atoms with van der Waals surface area (Å²) in [6.07, 6.45) is 3.98. The van der Waals surface area contributed by atoms with E-state index in [1.54, 1.807) is 18.5 Å². The highest BCUT2D eigenvalue weighted by Gasteiger charge is 2.26. The number of anilines is 1. The molecule has 0 bridgehead atoms. The number of nitrogens with zero attached hydrogens (tertiary/aromatic N) is 2. The van der Waals surface area contributed by atoms with Crippen LogP contribution in [0.4, 0.5) is 10.1 Å². The molecule has 1 unspecified atom stereocenters. The Hall–Kier alpha value is -2.36. The third-order valence-electron chi connectivity index (χ3n) is 4.24. The number of benzene rings is 2. The second kappa shape index (κ2) is 4.88. The average Bonchev–Trinajstić information content (AvgIpc) is 3.16. The van der Waals surface area contributed by atoms with E-state index in [2.05, 4.69) is 27.0 Å². The number of fused-ring (bicyclic) bond motifs is 1. The molecule has 0 aliphatic carbocycles. The van der Waals surface area contributed by atoms with E-state index in [1.165, 1.54) is 11.3 Å². The minimum absolute atomic E-state index is 0.179. The van der Waals surface area contributed by atoms with Gasteiger partial charge >= 0.3 is 0 Å². The molecule has 3 aromatic rings. The van der Waals surface area contributed by atoms with Crippen molar-refractivity contribution in [1.82, 2.24) is 9.97 Å². The molecule has 1 fully saturated rings. The largest absolute Gasteiger partial charge is 0.364 e. The molecule has 4 rings (SSSR count). The molecule has 1 aliphatic rings. The van der Waals surface area contributed by atoms with E-state index in [0.717, 1.165) is 30.4 Å². The Morgan fingerprint density at radius 1 is 1.14 bits per heavy atom. The summed E-state index contributed by atoms with van der Waals surface area (Å²) in [4.78, 5) is 9.81. The van der Waals surface area contributed by atoms with Gasteiger partial charge < -0.3 is 9.88 Å². The predicted octanol–water partition coefficient (Wildman–Crippen LogP) is 4.04. The Labute approximate surface area is 122 Å². The normalized spacial score (nSPS) is 18.5. The number of hydrogen-bond donors (Lipinski definition) is 1. The minimum Gasteiger partial charge on any atom is -0.364 e. The first-order chi connectivity index (χ1) is 10.3. The number of nitrogens with one attached hydrogen (secondary N) is 1. The first-order valence-electron chi connectivity index (χ1n) is 7.26. The van der Waals surface area contributed by atoms with Crippen LogP contribution in [-0.2, 0) is 0 Å². The molecule has 2 heterocycles. The van der Waals surface area contributed by atoms with Crippen LogP contribution in [0, 0.1) is 5.82 Å². The van der Waals surface area contributed by atoms with Gasteiger partial charge in [-0.1, -0.05) is 12.1 Å². The molecule has 0 spiro atoms. The summed E-state index contributed by atoms with van der Waals surface area (Å²) in [5.41, 5.74) is 4.41. The molecule has 1 atom stereocenters. The minimum atomic E-state index is -0.179. The second-order valence-electron chi connectivity index (χ2n) is 5.51. The molecule has 1 N–H and O–H groups in total. The van der Waals surface area contributed by atoms with Gasteiger partial charge in [-0.25, -0.2) is 9.37 Å². The molecule has 106 valence electrons. The van der Waals surface area contributed by atoms with Crippen molar-refractivity contribution in [2.24, 2.45) is 0 Å². The van der Waals surface area contributed by atoms with Gasteiger partial charge in [0.2, 0.25) is 0 Å². The highest BCUT2D eigenvalue weighted by molar-refractivity contribution is 5.79. The number of rotatable bonds is 2. The highest BCUT2D eigenvalue weighted by Crippen LogP contribution is 2.36. The smallest absolute Gasteiger partial charge is 0.123 e. The molecule has 1 aliphatic heterocycles. The number of imidazole rings is 1. The van der Waals surface area contributed by atoms with Crippen molar-refractivity contribution in [3.63, 3.8) is 0 Å². The maximum absolute atomic E-state index is 13.1. The zero-order valence-corrected chi connectivity index (χ0v) is 11.6. The standard InChI is InChI=1S/C17H16FN3/c18-13-5-3-12(4-6-13)17-2-1-9-21(17)14-7-8-15-16(10-14)20-11-19-15/h3-8,10-11,17H,1-2,9H2,(H,19,20). The van der Waals surface area contributed by atoms with E-state index in [-0.39, 0.29) is 5.82 Å². The average molecular weight is 281 g/mol. The van der Waals surface area contributed by atoms with E-state index in [0.29, 0.717) is 6.04 Å². The first-order valence-corrected chi connectivity index (χ1v) is 7.26. The van der Waals surface area contributed by atoms with Crippen molar-refractivity contribution < 1.29 is 4.39 Å². The highest BCUT2D eigenvalue weighted by atomic mass is 19.1. The summed E-state index contributed by atoms with van der Waals surface area (Å²) in [5.74, 6) is -0.179. The molecule has 1 saturated heterocycles. The number of aromatic nitrogens is 2. The van der Waals surface area contributed by atoms with Crippen LogP contribution in [0.25, 0.3) is 11.0 Å². The van der Waals surface area contributed by atoms with Crippen molar-refractivity contribution in [3.05, 3.63) is 60.2 Å². The fourth-order valence-corrected chi connectivity index (χ4v) is 3.21. The molecular weight excluding hydrogens is 265 g/mol. The SMILES string of the molecule is Fc1ccc(C2CCCN2c2ccc3nc[nH]c3c2)cc1. The van der Waals surface area contributed by atoms with Gasteiger partial charge in [0.1, 0.15) is 5.82 Å². The van der Waals surface area contributed by atoms with Crippen LogP contribution < -0.4 is 4.90 Å². The monoisotopic (exact) mass is 281 g/mol. The Morgan fingerprint density at radius 3 is 2.86 bits per heavy atom. The Balaban J connectivity index is 1.70. The van der Waals surface area contributed by atoms with Crippen LogP contribution in [0.2, 0.25) is 0 Å². The maximum Gasteiger partial charge on any atom is 0.123 e. The maximum atomic E-state index is 13.1. The molecular formula is C17H16FN3. The van der Waals surface area contributed by atoms with Gasteiger partial charge in [-0.2, -0.15) is 0 Å². The van der Waals surface area contributed by atoms with Crippen LogP contribution in [-0.4, -0.2) is 16.5 Å². The number of halogens is 1. The number of aromatic amines is 1. The van der Waals surface area contributed by atoms with E-state index in [1.807, 2.05) is 18.2 Å². The summed E-state index contributed by atoms with van der Waals surface area (Å²) < 4.78 is 13.1. The molecule has 0 amide bonds. The van der Waals surface area contributed by atoms with Crippen molar-refractivity contribution in [1.29, 1.82) is 0 Å². The molecule has 4 heteroatoms. The Bertz CT molecular complexity index is 763. The predicted molar refractivity (Wildman–Crippen MR) is 81.8 cm³/mol. The lowest BCUT2D eigenvalue weighted by Crippen LogP contribution is -2.22. The zero-order chi connectivity index (χ0) is 14.2. The third kappa shape index (κ3) is 2.17. The van der Waals surface area contributed by atoms with E-state index in [4.69, 9.17) is 0 Å². The number of H-pyrrole nitrogens is 1. The van der Waals surface area contributed by atoms with Gasteiger partial charge in [0.15, 0.2) is 0 Å². The molecule has 0 radical (unpaired) electrons. The van der Waals surface area contributed by atoms with E-state index >= 15 is 0 Å². The zero-order valence-electron chi connectivity index (χ0n) is 11.6. The van der Waals surface area contributed by atoms with Gasteiger partial charge in [0, 0.05) is 12.2 Å². The lowest BCUT2D eigenvalue weighted by atomic mass is 10.0. The van der Waals surface area contributed by atoms with Gasteiger partial charge in [-0.05, 0) is 48.7 Å². The summed E-state index contributed by atoms with van der Waals surface area (Å²) >= 11 is 0. The van der Waals surface area contributed by atoms with E-state index in [9.17, 15) is 4.39 Å². The van der Waals surface area contributed by atoms with Crippen molar-refractivity contribution in [3.8, 4) is 0 Å². The van der Waals surface area contributed by atoms with Crippen molar-refractivity contribution in [2.75, 3.05) is 11.4 Å². The van der Waals surface area contributed by atoms with Gasteiger partial charge in [0.05, 0.1) is 23.4 Å². The topological polar surface area (TPSA) is 31.9 Å². The summed E-state index contributed by atoms with van der Waals surface area (Å²) in [5, 5.41) is 0. The molecule has 1 aromatic heterocycles. The molecule has 0 saturated carbocycles. The van der Waals surface area contributed by atoms with Crippen LogP contribution in [0.15, 0.2) is 48.8 Å². The van der Waals surface area contributed by atoms with Crippen LogP contribution in [0.5, 0.6) is 0 Å². The fraction of sp³-hybridized carbons (Fsp3) is 0.235. The molecule has 2 aromatic carbocycles. The number of hydrogen-bond acceptors (Lipinski definition) is 2. The van der Waals surface area contributed by atoms with Gasteiger partial charge in [0.25, 0.3) is 0 Å². The van der Waals surface area contributed by atoms with Crippen LogP contribution >= 0.6 is 0 Å². The first kappa shape index (κ1) is 12.4. The van der Waals surface area contributed by atoms with Crippen molar-refractivity contribution in [2.45, 2.75) is 18.9 Å². The fourth-order valence-electron chi connectivity index (χ4n) is 3.21. The second-order valence-corrected chi connectivity index (χ2v) is 5.51. The Morgan fingerprint density at radius 2 is 2.00 bits per heavy atom. The lowest BCUT2D eigenvalue weighted by molar-refractivity contribution is 0.624. The van der Waals surface area contributed by atoms with E-state index < -0.39 is 0 Å². The van der Waals surface area contributed by atoms with Crippen LogP contribution in [0.3, 0.4) is 0 Å². The van der Waals surface area contributed by atoms with Gasteiger partial charge in [-0.3, -0.25) is 0 Å². The third-order valence-corrected chi connectivity index (χ3v) is 4.24. The van der Waals surface area contributed by atoms with Crippen molar-refractivity contribution >= 4 is 16.7 Å². The Kier molecular flexibility index (Phi) is 2.88. The lowest BCUT2D eigenvalue weighted by Gasteiger charge is -2.27. The molecule has 3 nitrogen and oxygen atoms in total. The summed E-state index contributed by atoms with van der Waals surface area (Å²) in [7, 11) is 0.